The monoisotopic (exact) mass is 1120 g/mol. The molecule has 10 fully saturated rings. The van der Waals surface area contributed by atoms with Gasteiger partial charge in [0, 0.05) is 23.7 Å². The lowest BCUT2D eigenvalue weighted by Gasteiger charge is -2.75. The average Bonchev–Trinajstić information content (AvgIpc) is 3.65. The number of ether oxygens (including phenoxy) is 10. The normalized spacial score (nSPS) is 56.6. The van der Waals surface area contributed by atoms with Gasteiger partial charge in [0.2, 0.25) is 0 Å². The zero-order chi connectivity index (χ0) is 56.6. The van der Waals surface area contributed by atoms with Crippen molar-refractivity contribution in [2.24, 2.45) is 50.2 Å². The number of esters is 1. The zero-order valence-corrected chi connectivity index (χ0v) is 45.6. The van der Waals surface area contributed by atoms with Crippen LogP contribution in [-0.2, 0) is 57.0 Å². The quantitative estimate of drug-likeness (QED) is 0.0553. The SMILES string of the molecule is CC(=O)OC1CC(C)(C=O)CC2C13COC21CCC2C4(C)CCC(OC5OCC(OC6OC(CO)C(O)C(O)C6OC6OCC(O)C(O)C6O)C(O)C5OC5OC(CO)C(O)C(O)C5O)C(C)(C)C4CCC2(C)C1(C)CC3O. The van der Waals surface area contributed by atoms with Gasteiger partial charge in [0.05, 0.1) is 56.3 Å². The molecule has 0 aromatic heterocycles. The molecule has 10 rings (SSSR count). The molecule has 0 amide bonds. The molecule has 0 aromatic rings. The fourth-order valence-electron chi connectivity index (χ4n) is 17.9. The fraction of sp³-hybridized carbons (Fsp3) is 0.963. The second kappa shape index (κ2) is 21.1. The van der Waals surface area contributed by atoms with E-state index in [9.17, 15) is 70.9 Å². The van der Waals surface area contributed by atoms with E-state index in [0.717, 1.165) is 25.5 Å². The molecule has 2 bridgehead atoms. The van der Waals surface area contributed by atoms with Gasteiger partial charge < -0.3 is 113 Å². The summed E-state index contributed by atoms with van der Waals surface area (Å²) in [7, 11) is 0. The van der Waals surface area contributed by atoms with Gasteiger partial charge >= 0.3 is 5.97 Å². The largest absolute Gasteiger partial charge is 0.462 e. The van der Waals surface area contributed by atoms with E-state index in [1.54, 1.807) is 0 Å². The molecule has 24 heteroatoms. The summed E-state index contributed by atoms with van der Waals surface area (Å²) >= 11 is 0. The molecule has 5 saturated carbocycles. The number of aldehydes is 1. The third-order valence-corrected chi connectivity index (χ3v) is 22.2. The van der Waals surface area contributed by atoms with Gasteiger partial charge in [0.15, 0.2) is 25.2 Å². The van der Waals surface area contributed by atoms with Crippen molar-refractivity contribution in [1.29, 1.82) is 0 Å². The van der Waals surface area contributed by atoms with E-state index in [2.05, 4.69) is 34.6 Å². The number of hydrogen-bond acceptors (Lipinski definition) is 24. The number of aliphatic hydroxyl groups excluding tert-OH is 12. The van der Waals surface area contributed by atoms with Gasteiger partial charge in [-0.05, 0) is 85.9 Å². The summed E-state index contributed by atoms with van der Waals surface area (Å²) in [5.41, 5.74) is -4.04. The smallest absolute Gasteiger partial charge is 0.302 e. The predicted molar refractivity (Wildman–Crippen MR) is 261 cm³/mol. The Bertz CT molecular complexity index is 2170. The summed E-state index contributed by atoms with van der Waals surface area (Å²) < 4.78 is 61.9. The summed E-state index contributed by atoms with van der Waals surface area (Å²) in [4.78, 5) is 25.5. The van der Waals surface area contributed by atoms with E-state index < -0.39 is 189 Å². The van der Waals surface area contributed by atoms with Crippen molar-refractivity contribution in [3.8, 4) is 0 Å². The molecule has 5 aliphatic heterocycles. The van der Waals surface area contributed by atoms with Crippen LogP contribution in [0, 0.1) is 50.2 Å². The van der Waals surface area contributed by atoms with E-state index in [1.165, 1.54) is 6.92 Å². The molecule has 12 N–H and O–H groups in total. The molecule has 5 heterocycles. The van der Waals surface area contributed by atoms with E-state index >= 15 is 0 Å². The second-order valence-electron chi connectivity index (χ2n) is 26.5. The second-order valence-corrected chi connectivity index (χ2v) is 26.5. The zero-order valence-electron chi connectivity index (χ0n) is 45.6. The summed E-state index contributed by atoms with van der Waals surface area (Å²) in [5.74, 6) is -0.472. The highest BCUT2D eigenvalue weighted by molar-refractivity contribution is 5.67. The van der Waals surface area contributed by atoms with Crippen LogP contribution in [-0.4, -0.2) is 241 Å². The van der Waals surface area contributed by atoms with Crippen LogP contribution in [0.15, 0.2) is 0 Å². The van der Waals surface area contributed by atoms with Crippen LogP contribution in [0.3, 0.4) is 0 Å². The first kappa shape index (κ1) is 59.5. The minimum atomic E-state index is -1.91. The Kier molecular flexibility index (Phi) is 16.1. The highest BCUT2D eigenvalue weighted by Crippen LogP contribution is 2.81. The summed E-state index contributed by atoms with van der Waals surface area (Å²) in [6.45, 7) is 12.3. The van der Waals surface area contributed by atoms with Crippen LogP contribution in [0.4, 0.5) is 0 Å². The van der Waals surface area contributed by atoms with Gasteiger partial charge in [-0.15, -0.1) is 0 Å². The van der Waals surface area contributed by atoms with Crippen molar-refractivity contribution < 1.29 is 118 Å². The van der Waals surface area contributed by atoms with Crippen LogP contribution in [0.2, 0.25) is 0 Å². The first-order valence-corrected chi connectivity index (χ1v) is 28.1. The Morgan fingerprint density at radius 2 is 1.21 bits per heavy atom. The topological polar surface area (TPSA) is 369 Å². The third-order valence-electron chi connectivity index (χ3n) is 22.2. The molecule has 78 heavy (non-hydrogen) atoms. The summed E-state index contributed by atoms with van der Waals surface area (Å²) in [6, 6.07) is 0. The maximum Gasteiger partial charge on any atom is 0.302 e. The highest BCUT2D eigenvalue weighted by atomic mass is 16.8. The van der Waals surface area contributed by atoms with E-state index in [-0.39, 0.29) is 35.2 Å². The Hall–Kier alpha value is -1.70. The van der Waals surface area contributed by atoms with Crippen molar-refractivity contribution in [3.63, 3.8) is 0 Å². The number of rotatable bonds is 12. The predicted octanol–water partition coefficient (Wildman–Crippen LogP) is -2.35. The fourth-order valence-corrected chi connectivity index (χ4v) is 17.9. The van der Waals surface area contributed by atoms with Crippen molar-refractivity contribution >= 4 is 12.3 Å². The van der Waals surface area contributed by atoms with Crippen LogP contribution >= 0.6 is 0 Å². The van der Waals surface area contributed by atoms with E-state index in [1.807, 2.05) is 6.92 Å². The Balaban J connectivity index is 0.906. The maximum absolute atomic E-state index is 12.9. The number of carbonyl (C=O) groups excluding carboxylic acids is 2. The molecule has 24 nitrogen and oxygen atoms in total. The maximum atomic E-state index is 12.9. The van der Waals surface area contributed by atoms with Gasteiger partial charge in [-0.1, -0.05) is 41.5 Å². The Morgan fingerprint density at radius 1 is 0.590 bits per heavy atom. The number of carbonyl (C=O) groups is 2. The highest BCUT2D eigenvalue weighted by Gasteiger charge is 2.82. The Morgan fingerprint density at radius 3 is 1.87 bits per heavy atom. The number of aliphatic hydroxyl groups is 12. The first-order valence-electron chi connectivity index (χ1n) is 28.1. The molecule has 446 valence electrons. The number of fused-ring (bicyclic) bond motifs is 4. The summed E-state index contributed by atoms with van der Waals surface area (Å²) in [6.07, 6.45) is -25.8. The van der Waals surface area contributed by atoms with Crippen molar-refractivity contribution in [2.75, 3.05) is 33.0 Å². The molecule has 5 aliphatic carbocycles. The van der Waals surface area contributed by atoms with Crippen LogP contribution in [0.25, 0.3) is 0 Å². The molecule has 10 aliphatic rings. The van der Waals surface area contributed by atoms with Crippen molar-refractivity contribution in [1.82, 2.24) is 0 Å². The molecular formula is C54H86O24. The molecular weight excluding hydrogens is 1030 g/mol. The molecule has 5 saturated heterocycles. The van der Waals surface area contributed by atoms with Gasteiger partial charge in [-0.3, -0.25) is 4.79 Å². The van der Waals surface area contributed by atoms with Crippen LogP contribution in [0.5, 0.6) is 0 Å². The van der Waals surface area contributed by atoms with Crippen molar-refractivity contribution in [3.05, 3.63) is 0 Å². The average molecular weight is 1120 g/mol. The third kappa shape index (κ3) is 8.94. The molecule has 30 atom stereocenters. The molecule has 0 radical (unpaired) electrons. The van der Waals surface area contributed by atoms with Crippen LogP contribution in [0.1, 0.15) is 106 Å². The minimum Gasteiger partial charge on any atom is -0.462 e. The van der Waals surface area contributed by atoms with Gasteiger partial charge in [0.25, 0.3) is 0 Å². The van der Waals surface area contributed by atoms with Gasteiger partial charge in [-0.2, -0.15) is 0 Å². The lowest BCUT2D eigenvalue weighted by atomic mass is 9.30. The minimum absolute atomic E-state index is 0.0602. The van der Waals surface area contributed by atoms with Crippen LogP contribution < -0.4 is 0 Å². The van der Waals surface area contributed by atoms with E-state index in [4.69, 9.17) is 47.4 Å². The van der Waals surface area contributed by atoms with E-state index in [0.29, 0.717) is 38.5 Å². The standard InChI is InChI=1S/C54H86O24/c1-23(58)72-33-16-49(4,21-57)14-30-53(33)22-71-54(30)13-9-29-50(5)11-10-32(48(2,3)28(50)8-12-51(29,6)52(54,7)15-31(53)60)76-46-42(78-45-41(68)38(65)35(62)25(17-55)73-45)37(64)27(20-70-46)75-47-43(39(66)36(63)26(18-56)74-47)77-44-40(67)34(61)24(59)19-69-44/h21,24-47,55-56,59-68H,8-20,22H2,1-7H3. The number of hydrogen-bond donors (Lipinski definition) is 12. The molecule has 30 unspecified atom stereocenters. The molecule has 1 spiro atoms. The lowest BCUT2D eigenvalue weighted by Crippen LogP contribution is -2.75. The summed E-state index contributed by atoms with van der Waals surface area (Å²) in [5, 5.41) is 131. The van der Waals surface area contributed by atoms with Gasteiger partial charge in [0.1, 0.15) is 97.8 Å². The van der Waals surface area contributed by atoms with Gasteiger partial charge in [-0.25, -0.2) is 0 Å². The van der Waals surface area contributed by atoms with Crippen molar-refractivity contribution in [2.45, 2.75) is 241 Å². The lowest BCUT2D eigenvalue weighted by molar-refractivity contribution is -0.392. The Labute approximate surface area is 453 Å². The molecule has 0 aromatic carbocycles. The first-order chi connectivity index (χ1) is 36.6.